The Labute approximate surface area is 227 Å². The SMILES string of the molecule is CC(=O)OC1C2C(C)C(O)CCC2(C)C2CCC3/C(=C(\CCC=C(C)C)C(=O)O)C(O)CC3(C)C2(C)C1O. The predicted octanol–water partition coefficient (Wildman–Crippen LogP) is 4.64. The third-order valence-corrected chi connectivity index (χ3v) is 11.7. The summed E-state index contributed by atoms with van der Waals surface area (Å²) in [6.07, 6.45) is 3.11. The number of ether oxygens (including phenoxy) is 1. The van der Waals surface area contributed by atoms with Crippen molar-refractivity contribution in [1.82, 2.24) is 0 Å². The van der Waals surface area contributed by atoms with E-state index in [0.717, 1.165) is 24.8 Å². The van der Waals surface area contributed by atoms with Gasteiger partial charge in [0.1, 0.15) is 6.10 Å². The fraction of sp³-hybridized carbons (Fsp3) is 0.806. The second-order valence-electron chi connectivity index (χ2n) is 13.7. The summed E-state index contributed by atoms with van der Waals surface area (Å²) in [4.78, 5) is 24.8. The van der Waals surface area contributed by atoms with Crippen molar-refractivity contribution < 1.29 is 34.8 Å². The smallest absolute Gasteiger partial charge is 0.331 e. The molecule has 4 saturated carbocycles. The summed E-state index contributed by atoms with van der Waals surface area (Å²) < 4.78 is 5.90. The van der Waals surface area contributed by atoms with Gasteiger partial charge in [-0.15, -0.1) is 0 Å². The van der Waals surface area contributed by atoms with Crippen molar-refractivity contribution in [3.8, 4) is 0 Å². The number of carboxylic acid groups (broad SMARTS) is 1. The van der Waals surface area contributed by atoms with Crippen LogP contribution in [-0.4, -0.2) is 56.8 Å². The van der Waals surface area contributed by atoms with Gasteiger partial charge >= 0.3 is 11.9 Å². The van der Waals surface area contributed by atoms with E-state index in [1.807, 2.05) is 26.8 Å². The van der Waals surface area contributed by atoms with Crippen LogP contribution >= 0.6 is 0 Å². The molecule has 0 bridgehead atoms. The average molecular weight is 533 g/mol. The van der Waals surface area contributed by atoms with Crippen LogP contribution in [0.1, 0.15) is 93.4 Å². The van der Waals surface area contributed by atoms with Gasteiger partial charge in [-0.1, -0.05) is 39.3 Å². The molecule has 0 aromatic heterocycles. The molecule has 0 aromatic carbocycles. The number of hydrogen-bond donors (Lipinski definition) is 4. The molecule has 4 aliphatic rings. The van der Waals surface area contributed by atoms with Crippen LogP contribution in [-0.2, 0) is 14.3 Å². The van der Waals surface area contributed by atoms with Crippen LogP contribution in [0.3, 0.4) is 0 Å². The lowest BCUT2D eigenvalue weighted by Gasteiger charge is -2.70. The molecule has 11 unspecified atom stereocenters. The Balaban J connectivity index is 1.84. The second-order valence-corrected chi connectivity index (χ2v) is 13.7. The van der Waals surface area contributed by atoms with Crippen molar-refractivity contribution in [2.75, 3.05) is 0 Å². The molecule has 0 amide bonds. The van der Waals surface area contributed by atoms with Crippen molar-refractivity contribution in [2.24, 2.45) is 39.9 Å². The van der Waals surface area contributed by atoms with Crippen LogP contribution in [0.25, 0.3) is 0 Å². The van der Waals surface area contributed by atoms with Crippen LogP contribution in [0, 0.1) is 39.9 Å². The number of carboxylic acids is 1. The standard InChI is InChI=1S/C31H48O7/c1-16(2)9-8-10-19(28(36)37)24-20-11-12-23-29(5)14-13-21(33)17(3)25(29)26(38-18(4)32)27(35)31(23,7)30(20,6)15-22(24)34/h9,17,20-23,25-27,33-35H,8,10-15H2,1-7H3,(H,36,37)/b24-19-. The zero-order valence-corrected chi connectivity index (χ0v) is 24.2. The van der Waals surface area contributed by atoms with E-state index in [4.69, 9.17) is 4.74 Å². The molecule has 11 atom stereocenters. The molecule has 0 aromatic rings. The first kappa shape index (κ1) is 29.3. The number of aliphatic carboxylic acids is 1. The molecule has 0 saturated heterocycles. The number of esters is 1. The van der Waals surface area contributed by atoms with E-state index >= 15 is 0 Å². The minimum atomic E-state index is -1.000. The summed E-state index contributed by atoms with van der Waals surface area (Å²) in [5.74, 6) is -1.88. The molecule has 4 aliphatic carbocycles. The molecule has 38 heavy (non-hydrogen) atoms. The topological polar surface area (TPSA) is 124 Å². The Kier molecular flexibility index (Phi) is 7.74. The number of carbonyl (C=O) groups is 2. The minimum Gasteiger partial charge on any atom is -0.478 e. The molecule has 214 valence electrons. The molecule has 4 rings (SSSR count). The molecule has 7 heteroatoms. The molecule has 4 N–H and O–H groups in total. The summed E-state index contributed by atoms with van der Waals surface area (Å²) in [6, 6.07) is 0. The van der Waals surface area contributed by atoms with Crippen molar-refractivity contribution in [3.05, 3.63) is 22.8 Å². The molecular formula is C31H48O7. The van der Waals surface area contributed by atoms with Crippen LogP contribution in [0.4, 0.5) is 0 Å². The van der Waals surface area contributed by atoms with E-state index in [2.05, 4.69) is 20.8 Å². The Morgan fingerprint density at radius 2 is 1.71 bits per heavy atom. The van der Waals surface area contributed by atoms with Crippen molar-refractivity contribution in [2.45, 2.75) is 118 Å². The highest BCUT2D eigenvalue weighted by atomic mass is 16.6. The monoisotopic (exact) mass is 532 g/mol. The zero-order valence-electron chi connectivity index (χ0n) is 24.2. The highest BCUT2D eigenvalue weighted by Gasteiger charge is 2.73. The molecular weight excluding hydrogens is 484 g/mol. The van der Waals surface area contributed by atoms with Crippen LogP contribution in [0.2, 0.25) is 0 Å². The summed E-state index contributed by atoms with van der Waals surface area (Å²) in [7, 11) is 0. The summed E-state index contributed by atoms with van der Waals surface area (Å²) in [6.45, 7) is 13.8. The van der Waals surface area contributed by atoms with Gasteiger partial charge in [-0.25, -0.2) is 4.79 Å². The van der Waals surface area contributed by atoms with Crippen LogP contribution in [0.5, 0.6) is 0 Å². The van der Waals surface area contributed by atoms with Gasteiger partial charge in [0.2, 0.25) is 0 Å². The lowest BCUT2D eigenvalue weighted by molar-refractivity contribution is -0.288. The highest BCUT2D eigenvalue weighted by molar-refractivity contribution is 5.88. The summed E-state index contributed by atoms with van der Waals surface area (Å²) in [5.41, 5.74) is 0.449. The number of hydrogen-bond acceptors (Lipinski definition) is 6. The number of aliphatic hydroxyl groups is 3. The largest absolute Gasteiger partial charge is 0.478 e. The first-order valence-electron chi connectivity index (χ1n) is 14.4. The molecule has 7 nitrogen and oxygen atoms in total. The fourth-order valence-electron chi connectivity index (χ4n) is 9.86. The number of fused-ring (bicyclic) bond motifs is 5. The number of allylic oxidation sites excluding steroid dienone is 2. The lowest BCUT2D eigenvalue weighted by Crippen LogP contribution is -2.72. The maximum absolute atomic E-state index is 12.5. The van der Waals surface area contributed by atoms with Gasteiger partial charge in [-0.3, -0.25) is 4.79 Å². The van der Waals surface area contributed by atoms with E-state index in [-0.39, 0.29) is 29.1 Å². The van der Waals surface area contributed by atoms with Gasteiger partial charge in [-0.05, 0) is 93.0 Å². The van der Waals surface area contributed by atoms with E-state index in [9.17, 15) is 30.0 Å². The molecule has 0 heterocycles. The van der Waals surface area contributed by atoms with Crippen LogP contribution in [0.15, 0.2) is 22.8 Å². The quantitative estimate of drug-likeness (QED) is 0.231. The maximum atomic E-state index is 12.5. The maximum Gasteiger partial charge on any atom is 0.331 e. The van der Waals surface area contributed by atoms with E-state index in [1.54, 1.807) is 0 Å². The van der Waals surface area contributed by atoms with Gasteiger partial charge < -0.3 is 25.2 Å². The third-order valence-electron chi connectivity index (χ3n) is 11.7. The van der Waals surface area contributed by atoms with Gasteiger partial charge in [0, 0.05) is 23.8 Å². The molecule has 0 radical (unpaired) electrons. The Morgan fingerprint density at radius 1 is 1.05 bits per heavy atom. The van der Waals surface area contributed by atoms with Crippen molar-refractivity contribution in [1.29, 1.82) is 0 Å². The number of aliphatic hydroxyl groups excluding tert-OH is 3. The van der Waals surface area contributed by atoms with Gasteiger partial charge in [0.05, 0.1) is 18.3 Å². The molecule has 0 spiro atoms. The van der Waals surface area contributed by atoms with Crippen LogP contribution < -0.4 is 0 Å². The second kappa shape index (κ2) is 10.0. The van der Waals surface area contributed by atoms with Crippen molar-refractivity contribution >= 4 is 11.9 Å². The predicted molar refractivity (Wildman–Crippen MR) is 144 cm³/mol. The number of carbonyl (C=O) groups excluding carboxylic acids is 1. The van der Waals surface area contributed by atoms with E-state index in [0.29, 0.717) is 36.8 Å². The number of rotatable bonds is 5. The van der Waals surface area contributed by atoms with Crippen molar-refractivity contribution in [3.63, 3.8) is 0 Å². The van der Waals surface area contributed by atoms with Gasteiger partial charge in [0.15, 0.2) is 0 Å². The molecule has 4 fully saturated rings. The third kappa shape index (κ3) is 4.19. The first-order chi connectivity index (χ1) is 17.6. The fourth-order valence-corrected chi connectivity index (χ4v) is 9.86. The zero-order chi connectivity index (χ0) is 28.4. The minimum absolute atomic E-state index is 0.0727. The average Bonchev–Trinajstić information content (AvgIpc) is 3.08. The Morgan fingerprint density at radius 3 is 2.29 bits per heavy atom. The first-order valence-corrected chi connectivity index (χ1v) is 14.4. The Hall–Kier alpha value is -1.70. The highest BCUT2D eigenvalue weighted by Crippen LogP contribution is 2.74. The van der Waals surface area contributed by atoms with E-state index in [1.165, 1.54) is 6.92 Å². The summed E-state index contributed by atoms with van der Waals surface area (Å²) >= 11 is 0. The Bertz CT molecular complexity index is 1030. The summed E-state index contributed by atoms with van der Waals surface area (Å²) in [5, 5.41) is 44.6. The van der Waals surface area contributed by atoms with E-state index < -0.39 is 47.2 Å². The molecule has 0 aliphatic heterocycles. The van der Waals surface area contributed by atoms with Gasteiger partial charge in [0.25, 0.3) is 0 Å². The lowest BCUT2D eigenvalue weighted by atomic mass is 9.35. The van der Waals surface area contributed by atoms with Gasteiger partial charge in [-0.2, -0.15) is 0 Å². The normalized spacial score (nSPS) is 47.3.